The van der Waals surface area contributed by atoms with E-state index in [1.165, 1.54) is 17.4 Å². The minimum absolute atomic E-state index is 0.0424. The van der Waals surface area contributed by atoms with Crippen LogP contribution in [0.5, 0.6) is 0 Å². The highest BCUT2D eigenvalue weighted by Gasteiger charge is 2.38. The summed E-state index contributed by atoms with van der Waals surface area (Å²) < 4.78 is 0. The second kappa shape index (κ2) is 3.58. The minimum atomic E-state index is -0.136. The quantitative estimate of drug-likeness (QED) is 0.519. The van der Waals surface area contributed by atoms with Crippen molar-refractivity contribution >= 4 is 11.8 Å². The summed E-state index contributed by atoms with van der Waals surface area (Å²) >= 11 is 0. The van der Waals surface area contributed by atoms with Crippen LogP contribution in [0.3, 0.4) is 0 Å². The van der Waals surface area contributed by atoms with Gasteiger partial charge in [0.15, 0.2) is 0 Å². The zero-order valence-corrected chi connectivity index (χ0v) is 9.13. The second-order valence-electron chi connectivity index (χ2n) is 4.99. The van der Waals surface area contributed by atoms with E-state index in [9.17, 15) is 9.59 Å². The van der Waals surface area contributed by atoms with Crippen LogP contribution in [0, 0.1) is 17.8 Å². The highest BCUT2D eigenvalue weighted by Crippen LogP contribution is 2.43. The van der Waals surface area contributed by atoms with E-state index in [1.54, 1.807) is 6.08 Å². The van der Waals surface area contributed by atoms with Gasteiger partial charge in [0.05, 0.1) is 0 Å². The lowest BCUT2D eigenvalue weighted by atomic mass is 9.92. The fourth-order valence-electron chi connectivity index (χ4n) is 3.11. The number of rotatable bonds is 2. The van der Waals surface area contributed by atoms with Crippen LogP contribution in [0.25, 0.3) is 0 Å². The molecule has 0 aromatic heterocycles. The van der Waals surface area contributed by atoms with Crippen molar-refractivity contribution in [2.75, 3.05) is 6.54 Å². The lowest BCUT2D eigenvalue weighted by molar-refractivity contribution is -0.143. The van der Waals surface area contributed by atoms with Crippen LogP contribution in [-0.2, 0) is 9.59 Å². The van der Waals surface area contributed by atoms with Gasteiger partial charge in [-0.2, -0.15) is 0 Å². The Balaban J connectivity index is 1.70. The molecule has 0 N–H and O–H groups in total. The molecule has 0 radical (unpaired) electrons. The SMILES string of the molecule is O=C1C=CCC(=O)N1CC1CC2C=CC1C2. The number of carbonyl (C=O) groups is 2. The van der Waals surface area contributed by atoms with Gasteiger partial charge in [-0.3, -0.25) is 14.5 Å². The fourth-order valence-corrected chi connectivity index (χ4v) is 3.11. The molecule has 1 fully saturated rings. The van der Waals surface area contributed by atoms with E-state index >= 15 is 0 Å². The average Bonchev–Trinajstić information content (AvgIpc) is 2.85. The van der Waals surface area contributed by atoms with Crippen molar-refractivity contribution in [2.45, 2.75) is 19.3 Å². The Morgan fingerprint density at radius 3 is 2.75 bits per heavy atom. The van der Waals surface area contributed by atoms with E-state index in [4.69, 9.17) is 0 Å². The van der Waals surface area contributed by atoms with Crippen LogP contribution in [0.15, 0.2) is 24.3 Å². The van der Waals surface area contributed by atoms with Crippen LogP contribution in [0.4, 0.5) is 0 Å². The molecule has 0 saturated heterocycles. The first-order chi connectivity index (χ1) is 7.74. The monoisotopic (exact) mass is 217 g/mol. The van der Waals surface area contributed by atoms with Gasteiger partial charge in [0.2, 0.25) is 5.91 Å². The Hall–Kier alpha value is -1.38. The number of imide groups is 1. The van der Waals surface area contributed by atoms with Crippen molar-refractivity contribution in [1.29, 1.82) is 0 Å². The van der Waals surface area contributed by atoms with Gasteiger partial charge in [-0.05, 0) is 30.6 Å². The first-order valence-corrected chi connectivity index (χ1v) is 5.93. The minimum Gasteiger partial charge on any atom is -0.278 e. The molecule has 2 bridgehead atoms. The molecule has 1 aliphatic heterocycles. The number of hydrogen-bond donors (Lipinski definition) is 0. The molecule has 3 rings (SSSR count). The van der Waals surface area contributed by atoms with E-state index in [-0.39, 0.29) is 11.8 Å². The lowest BCUT2D eigenvalue weighted by Crippen LogP contribution is -2.41. The molecule has 1 heterocycles. The van der Waals surface area contributed by atoms with E-state index in [0.717, 1.165) is 6.42 Å². The van der Waals surface area contributed by atoms with E-state index in [1.807, 2.05) is 0 Å². The summed E-state index contributed by atoms with van der Waals surface area (Å²) in [6, 6.07) is 0. The van der Waals surface area contributed by atoms with E-state index < -0.39 is 0 Å². The van der Waals surface area contributed by atoms with Gasteiger partial charge in [-0.15, -0.1) is 0 Å². The molecule has 3 heteroatoms. The van der Waals surface area contributed by atoms with Crippen LogP contribution in [0.2, 0.25) is 0 Å². The van der Waals surface area contributed by atoms with Gasteiger partial charge in [-0.25, -0.2) is 0 Å². The van der Waals surface area contributed by atoms with Crippen LogP contribution < -0.4 is 0 Å². The smallest absolute Gasteiger partial charge is 0.252 e. The molecular formula is C13H15NO2. The van der Waals surface area contributed by atoms with Crippen LogP contribution >= 0.6 is 0 Å². The summed E-state index contributed by atoms with van der Waals surface area (Å²) in [4.78, 5) is 24.7. The third-order valence-corrected chi connectivity index (χ3v) is 3.95. The maximum Gasteiger partial charge on any atom is 0.252 e. The molecule has 3 unspecified atom stereocenters. The van der Waals surface area contributed by atoms with Gasteiger partial charge in [0, 0.05) is 19.0 Å². The maximum absolute atomic E-state index is 11.6. The van der Waals surface area contributed by atoms with Crippen molar-refractivity contribution in [1.82, 2.24) is 4.90 Å². The Labute approximate surface area is 94.8 Å². The molecule has 2 aliphatic carbocycles. The number of amides is 2. The molecule has 0 aromatic rings. The summed E-state index contributed by atoms with van der Waals surface area (Å²) in [7, 11) is 0. The normalized spacial score (nSPS) is 36.5. The Kier molecular flexibility index (Phi) is 2.20. The van der Waals surface area contributed by atoms with Crippen molar-refractivity contribution < 1.29 is 9.59 Å². The van der Waals surface area contributed by atoms with E-state index in [0.29, 0.717) is 30.7 Å². The third-order valence-electron chi connectivity index (χ3n) is 3.95. The Morgan fingerprint density at radius 1 is 1.25 bits per heavy atom. The molecule has 0 aromatic carbocycles. The van der Waals surface area contributed by atoms with E-state index in [2.05, 4.69) is 12.2 Å². The van der Waals surface area contributed by atoms with Crippen molar-refractivity contribution in [2.24, 2.45) is 17.8 Å². The zero-order chi connectivity index (χ0) is 11.1. The standard InChI is InChI=1S/C13H15NO2/c15-12-2-1-3-13(16)14(12)8-11-7-9-4-5-10(11)6-9/h1-2,4-5,9-11H,3,6-8H2. The molecule has 0 spiro atoms. The molecule has 16 heavy (non-hydrogen) atoms. The predicted octanol–water partition coefficient (Wildman–Crippen LogP) is 1.51. The molecular weight excluding hydrogens is 202 g/mol. The maximum atomic E-state index is 11.6. The van der Waals surface area contributed by atoms with Gasteiger partial charge < -0.3 is 0 Å². The number of hydrogen-bond acceptors (Lipinski definition) is 2. The first kappa shape index (κ1) is 9.82. The van der Waals surface area contributed by atoms with Crippen molar-refractivity contribution in [3.63, 3.8) is 0 Å². The number of allylic oxidation sites excluding steroid dienone is 2. The molecule has 3 nitrogen and oxygen atoms in total. The molecule has 3 aliphatic rings. The number of fused-ring (bicyclic) bond motifs is 2. The van der Waals surface area contributed by atoms with Gasteiger partial charge in [0.25, 0.3) is 5.91 Å². The first-order valence-electron chi connectivity index (χ1n) is 5.93. The highest BCUT2D eigenvalue weighted by molar-refractivity contribution is 6.04. The Morgan fingerprint density at radius 2 is 2.12 bits per heavy atom. The summed E-state index contributed by atoms with van der Waals surface area (Å²) in [5.74, 6) is 1.61. The van der Waals surface area contributed by atoms with Gasteiger partial charge in [-0.1, -0.05) is 18.2 Å². The second-order valence-corrected chi connectivity index (χ2v) is 4.99. The summed E-state index contributed by atoms with van der Waals surface area (Å²) in [6.07, 6.45) is 10.4. The third kappa shape index (κ3) is 1.51. The van der Waals surface area contributed by atoms with Crippen LogP contribution in [0.1, 0.15) is 19.3 Å². The summed E-state index contributed by atoms with van der Waals surface area (Å²) in [5.41, 5.74) is 0. The average molecular weight is 217 g/mol. The molecule has 2 amide bonds. The van der Waals surface area contributed by atoms with Crippen molar-refractivity contribution in [3.8, 4) is 0 Å². The fraction of sp³-hybridized carbons (Fsp3) is 0.538. The van der Waals surface area contributed by atoms with Gasteiger partial charge >= 0.3 is 0 Å². The Bertz CT molecular complexity index is 397. The molecule has 1 saturated carbocycles. The highest BCUT2D eigenvalue weighted by atomic mass is 16.2. The number of nitrogens with zero attached hydrogens (tertiary/aromatic N) is 1. The largest absolute Gasteiger partial charge is 0.278 e. The lowest BCUT2D eigenvalue weighted by Gasteiger charge is -2.27. The van der Waals surface area contributed by atoms with Gasteiger partial charge in [0.1, 0.15) is 0 Å². The topological polar surface area (TPSA) is 37.4 Å². The van der Waals surface area contributed by atoms with Crippen LogP contribution in [-0.4, -0.2) is 23.3 Å². The summed E-state index contributed by atoms with van der Waals surface area (Å²) in [6.45, 7) is 0.619. The van der Waals surface area contributed by atoms with Crippen molar-refractivity contribution in [3.05, 3.63) is 24.3 Å². The molecule has 84 valence electrons. The zero-order valence-electron chi connectivity index (χ0n) is 9.13. The number of carbonyl (C=O) groups excluding carboxylic acids is 2. The molecule has 3 atom stereocenters. The summed E-state index contributed by atoms with van der Waals surface area (Å²) in [5, 5.41) is 0. The predicted molar refractivity (Wildman–Crippen MR) is 59.3 cm³/mol.